The number of alkyl halides is 3. The van der Waals surface area contributed by atoms with Crippen LogP contribution in [0.5, 0.6) is 5.75 Å². The standard InChI is InChI=1S/C26H25F3N2O3S/c1-25(2,3)18-11-17(26(27,28)29)20(12-21(18)34-14-15-7-5-4-6-8-15)31-24(33)16-13-30-19-9-10-35-23(19)22(16)32/h4-13,16,19,23H,14H2,1-3H3,(H,31,33). The van der Waals surface area contributed by atoms with Crippen molar-refractivity contribution in [1.82, 2.24) is 0 Å². The molecular formula is C26H25F3N2O3S. The van der Waals surface area contributed by atoms with Gasteiger partial charge in [-0.1, -0.05) is 57.2 Å². The van der Waals surface area contributed by atoms with E-state index in [-0.39, 0.29) is 24.2 Å². The van der Waals surface area contributed by atoms with Gasteiger partial charge in [0.25, 0.3) is 0 Å². The Balaban J connectivity index is 1.68. The molecule has 5 nitrogen and oxygen atoms in total. The number of amides is 1. The molecule has 35 heavy (non-hydrogen) atoms. The lowest BCUT2D eigenvalue weighted by Gasteiger charge is -2.27. The first-order valence-corrected chi connectivity index (χ1v) is 12.0. The molecule has 2 heterocycles. The Bertz CT molecular complexity index is 1190. The van der Waals surface area contributed by atoms with Crippen molar-refractivity contribution in [2.75, 3.05) is 5.32 Å². The predicted molar refractivity (Wildman–Crippen MR) is 131 cm³/mol. The monoisotopic (exact) mass is 502 g/mol. The molecule has 0 radical (unpaired) electrons. The van der Waals surface area contributed by atoms with Crippen LogP contribution in [0.25, 0.3) is 0 Å². The number of fused-ring (bicyclic) bond motifs is 1. The molecule has 2 aliphatic rings. The van der Waals surface area contributed by atoms with Gasteiger partial charge < -0.3 is 10.1 Å². The molecule has 184 valence electrons. The van der Waals surface area contributed by atoms with E-state index < -0.39 is 39.9 Å². The first kappa shape index (κ1) is 25.0. The summed E-state index contributed by atoms with van der Waals surface area (Å²) in [7, 11) is 0. The summed E-state index contributed by atoms with van der Waals surface area (Å²) >= 11 is 1.26. The van der Waals surface area contributed by atoms with Crippen LogP contribution in [0.3, 0.4) is 0 Å². The Kier molecular flexibility index (Phi) is 6.81. The number of carbonyl (C=O) groups excluding carboxylic acids is 2. The van der Waals surface area contributed by atoms with E-state index in [1.807, 2.05) is 30.3 Å². The second-order valence-electron chi connectivity index (χ2n) is 9.46. The average Bonchev–Trinajstić information content (AvgIpc) is 3.27. The van der Waals surface area contributed by atoms with Crippen molar-refractivity contribution in [3.8, 4) is 5.75 Å². The van der Waals surface area contributed by atoms with Gasteiger partial charge in [0.05, 0.1) is 22.5 Å². The molecule has 2 aromatic rings. The third-order valence-electron chi connectivity index (χ3n) is 5.82. The Morgan fingerprint density at radius 1 is 1.11 bits per heavy atom. The molecule has 2 aromatic carbocycles. The molecule has 0 saturated heterocycles. The van der Waals surface area contributed by atoms with E-state index in [4.69, 9.17) is 4.74 Å². The summed E-state index contributed by atoms with van der Waals surface area (Å²) in [6, 6.07) is 11.1. The van der Waals surface area contributed by atoms with Crippen LogP contribution in [0.1, 0.15) is 37.5 Å². The highest BCUT2D eigenvalue weighted by atomic mass is 32.2. The van der Waals surface area contributed by atoms with Crippen molar-refractivity contribution in [1.29, 1.82) is 0 Å². The van der Waals surface area contributed by atoms with E-state index in [0.29, 0.717) is 5.56 Å². The molecule has 2 aliphatic heterocycles. The quantitative estimate of drug-likeness (QED) is 0.526. The fourth-order valence-corrected chi connectivity index (χ4v) is 4.98. The third-order valence-corrected chi connectivity index (χ3v) is 6.93. The normalized spacial score (nSPS) is 21.7. The van der Waals surface area contributed by atoms with Crippen molar-refractivity contribution >= 4 is 35.4 Å². The summed E-state index contributed by atoms with van der Waals surface area (Å²) in [5, 5.41) is 3.54. The van der Waals surface area contributed by atoms with Gasteiger partial charge in [0.2, 0.25) is 5.91 Å². The fraction of sp³-hybridized carbons (Fsp3) is 0.346. The highest BCUT2D eigenvalue weighted by Crippen LogP contribution is 2.43. The second-order valence-corrected chi connectivity index (χ2v) is 10.5. The van der Waals surface area contributed by atoms with Crippen molar-refractivity contribution in [3.05, 3.63) is 70.6 Å². The van der Waals surface area contributed by atoms with Gasteiger partial charge in [-0.05, 0) is 22.5 Å². The summed E-state index contributed by atoms with van der Waals surface area (Å²) < 4.78 is 48.1. The van der Waals surface area contributed by atoms with Gasteiger partial charge in [0.1, 0.15) is 18.3 Å². The van der Waals surface area contributed by atoms with Crippen LogP contribution >= 0.6 is 11.8 Å². The number of Topliss-reactive ketones (excluding diaryl/α,β-unsaturated/α-hetero) is 1. The summed E-state index contributed by atoms with van der Waals surface area (Å²) in [6.45, 7) is 5.51. The van der Waals surface area contributed by atoms with Crippen LogP contribution in [0.15, 0.2) is 58.9 Å². The van der Waals surface area contributed by atoms with Crippen molar-refractivity contribution in [2.45, 2.75) is 50.3 Å². The largest absolute Gasteiger partial charge is 0.489 e. The Hall–Kier alpha value is -3.07. The van der Waals surface area contributed by atoms with Gasteiger partial charge in [-0.2, -0.15) is 13.2 Å². The van der Waals surface area contributed by atoms with Crippen LogP contribution in [0.2, 0.25) is 0 Å². The number of anilines is 1. The zero-order valence-electron chi connectivity index (χ0n) is 19.4. The number of thioether (sulfide) groups is 1. The van der Waals surface area contributed by atoms with Gasteiger partial charge >= 0.3 is 6.18 Å². The number of ketones is 1. The van der Waals surface area contributed by atoms with Crippen molar-refractivity contribution < 1.29 is 27.5 Å². The number of halogens is 3. The number of benzene rings is 2. The topological polar surface area (TPSA) is 67.8 Å². The first-order valence-electron chi connectivity index (χ1n) is 11.1. The summed E-state index contributed by atoms with van der Waals surface area (Å²) in [5.74, 6) is -2.27. The number of nitrogens with zero attached hydrogens (tertiary/aromatic N) is 1. The SMILES string of the molecule is CC(C)(C)c1cc(C(F)(F)F)c(NC(=O)C2C=NC3C=CSC3C2=O)cc1OCc1ccccc1. The molecule has 0 spiro atoms. The van der Waals surface area contributed by atoms with Crippen LogP contribution in [-0.4, -0.2) is 29.2 Å². The number of rotatable bonds is 5. The minimum absolute atomic E-state index is 0.143. The van der Waals surface area contributed by atoms with Crippen LogP contribution in [-0.2, 0) is 27.8 Å². The maximum absolute atomic E-state index is 14.0. The molecule has 4 rings (SSSR count). The number of hydrogen-bond donors (Lipinski definition) is 1. The zero-order chi connectivity index (χ0) is 25.4. The molecule has 0 saturated carbocycles. The van der Waals surface area contributed by atoms with Gasteiger partial charge in [0, 0.05) is 17.8 Å². The summed E-state index contributed by atoms with van der Waals surface area (Å²) in [6.07, 6.45) is -1.75. The predicted octanol–water partition coefficient (Wildman–Crippen LogP) is 5.79. The summed E-state index contributed by atoms with van der Waals surface area (Å²) in [4.78, 5) is 30.0. The average molecular weight is 503 g/mol. The van der Waals surface area contributed by atoms with E-state index in [1.54, 1.807) is 32.3 Å². The Morgan fingerprint density at radius 3 is 2.49 bits per heavy atom. The fourth-order valence-electron chi connectivity index (χ4n) is 3.96. The van der Waals surface area contributed by atoms with E-state index in [1.165, 1.54) is 24.0 Å². The lowest BCUT2D eigenvalue weighted by atomic mass is 9.84. The Morgan fingerprint density at radius 2 is 1.83 bits per heavy atom. The zero-order valence-corrected chi connectivity index (χ0v) is 20.2. The smallest absolute Gasteiger partial charge is 0.418 e. The van der Waals surface area contributed by atoms with E-state index in [0.717, 1.165) is 11.6 Å². The van der Waals surface area contributed by atoms with Crippen LogP contribution in [0.4, 0.5) is 18.9 Å². The van der Waals surface area contributed by atoms with Gasteiger partial charge in [-0.15, -0.1) is 11.8 Å². The first-order chi connectivity index (χ1) is 16.4. The Labute approximate surface area is 205 Å². The van der Waals surface area contributed by atoms with Gasteiger partial charge in [0.15, 0.2) is 5.78 Å². The van der Waals surface area contributed by atoms with Gasteiger partial charge in [-0.3, -0.25) is 14.6 Å². The molecule has 9 heteroatoms. The molecule has 3 unspecified atom stereocenters. The third kappa shape index (κ3) is 5.45. The molecule has 3 atom stereocenters. The number of hydrogen-bond acceptors (Lipinski definition) is 5. The lowest BCUT2D eigenvalue weighted by molar-refractivity contribution is -0.137. The molecule has 1 amide bonds. The maximum Gasteiger partial charge on any atom is 0.418 e. The number of ether oxygens (including phenoxy) is 1. The summed E-state index contributed by atoms with van der Waals surface area (Å²) in [5.41, 5.74) is -0.927. The van der Waals surface area contributed by atoms with E-state index in [9.17, 15) is 22.8 Å². The molecule has 0 fully saturated rings. The lowest BCUT2D eigenvalue weighted by Crippen LogP contribution is -2.43. The van der Waals surface area contributed by atoms with E-state index >= 15 is 0 Å². The minimum Gasteiger partial charge on any atom is -0.489 e. The van der Waals surface area contributed by atoms with Crippen molar-refractivity contribution in [2.24, 2.45) is 10.9 Å². The molecule has 0 aliphatic carbocycles. The molecule has 0 aromatic heterocycles. The minimum atomic E-state index is -4.73. The highest BCUT2D eigenvalue weighted by molar-refractivity contribution is 8.03. The number of aliphatic imine (C=N–C) groups is 1. The number of carbonyl (C=O) groups is 2. The van der Waals surface area contributed by atoms with Gasteiger partial charge in [-0.25, -0.2) is 0 Å². The maximum atomic E-state index is 14.0. The number of nitrogens with one attached hydrogen (secondary N) is 1. The van der Waals surface area contributed by atoms with Crippen LogP contribution in [0, 0.1) is 5.92 Å². The highest BCUT2D eigenvalue weighted by Gasteiger charge is 2.42. The van der Waals surface area contributed by atoms with Crippen LogP contribution < -0.4 is 10.1 Å². The van der Waals surface area contributed by atoms with E-state index in [2.05, 4.69) is 10.3 Å². The molecule has 1 N–H and O–H groups in total. The molecular weight excluding hydrogens is 477 g/mol. The molecule has 0 bridgehead atoms. The second kappa shape index (κ2) is 9.53. The van der Waals surface area contributed by atoms with Crippen molar-refractivity contribution in [3.63, 3.8) is 0 Å².